The quantitative estimate of drug-likeness (QED) is 0.840. The number of halogens is 3. The maximum atomic E-state index is 12.6. The number of benzene rings is 1. The number of rotatable bonds is 2. The molecule has 1 amide bonds. The van der Waals surface area contributed by atoms with Crippen LogP contribution in [0.1, 0.15) is 5.56 Å². The molecule has 0 saturated carbocycles. The zero-order valence-corrected chi connectivity index (χ0v) is 10.8. The molecule has 2 atom stereocenters. The van der Waals surface area contributed by atoms with E-state index in [9.17, 15) is 22.2 Å². The van der Waals surface area contributed by atoms with E-state index in [4.69, 9.17) is 4.74 Å². The van der Waals surface area contributed by atoms with Crippen molar-refractivity contribution < 1.29 is 31.1 Å². The van der Waals surface area contributed by atoms with Crippen molar-refractivity contribution in [3.63, 3.8) is 0 Å². The Morgan fingerprint density at radius 2 is 2.05 bits per heavy atom. The minimum Gasteiger partial charge on any atom is -0.444 e. The van der Waals surface area contributed by atoms with Crippen LogP contribution in [-0.4, -0.2) is 33.4 Å². The standard InChI is InChI=1S/C11H10F3NO4S/c12-11(13,14)9-7-19-20(17)15(9)10(16)18-6-8-4-2-1-3-5-8/h1-5,9H,6-7H2/t9-,20?/m0/s1. The molecule has 1 aromatic rings. The molecule has 0 radical (unpaired) electrons. The predicted molar refractivity (Wildman–Crippen MR) is 62.4 cm³/mol. The zero-order valence-electron chi connectivity index (χ0n) is 10.0. The summed E-state index contributed by atoms with van der Waals surface area (Å²) < 4.78 is 58.4. The Bertz CT molecular complexity index is 508. The molecular formula is C11H10F3NO4S. The number of ether oxygens (including phenoxy) is 1. The fourth-order valence-electron chi connectivity index (χ4n) is 1.55. The normalized spacial score (nSPS) is 22.9. The molecule has 0 spiro atoms. The van der Waals surface area contributed by atoms with Crippen LogP contribution in [0.15, 0.2) is 30.3 Å². The summed E-state index contributed by atoms with van der Waals surface area (Å²) in [4.78, 5) is 11.6. The molecule has 1 aliphatic rings. The molecule has 9 heteroatoms. The summed E-state index contributed by atoms with van der Waals surface area (Å²) in [7, 11) is 0. The molecule has 1 saturated heterocycles. The zero-order chi connectivity index (χ0) is 14.8. The smallest absolute Gasteiger partial charge is 0.424 e. The summed E-state index contributed by atoms with van der Waals surface area (Å²) in [6.07, 6.45) is -6.05. The molecule has 0 N–H and O–H groups in total. The van der Waals surface area contributed by atoms with E-state index in [1.165, 1.54) is 0 Å². The lowest BCUT2D eigenvalue weighted by Gasteiger charge is -2.21. The Balaban J connectivity index is 2.02. The van der Waals surface area contributed by atoms with Crippen LogP contribution in [0.5, 0.6) is 0 Å². The molecule has 5 nitrogen and oxygen atoms in total. The molecule has 2 rings (SSSR count). The second-order valence-electron chi connectivity index (χ2n) is 3.93. The Morgan fingerprint density at radius 1 is 1.40 bits per heavy atom. The van der Waals surface area contributed by atoms with Crippen LogP contribution < -0.4 is 0 Å². The van der Waals surface area contributed by atoms with Gasteiger partial charge < -0.3 is 4.74 Å². The van der Waals surface area contributed by atoms with Gasteiger partial charge in [0.2, 0.25) is 0 Å². The van der Waals surface area contributed by atoms with Crippen LogP contribution >= 0.6 is 0 Å². The van der Waals surface area contributed by atoms with Crippen molar-refractivity contribution >= 4 is 17.4 Å². The van der Waals surface area contributed by atoms with Crippen molar-refractivity contribution in [3.8, 4) is 0 Å². The largest absolute Gasteiger partial charge is 0.444 e. The summed E-state index contributed by atoms with van der Waals surface area (Å²) in [5, 5.41) is 0. The Morgan fingerprint density at radius 3 is 2.65 bits per heavy atom. The highest BCUT2D eigenvalue weighted by atomic mass is 32.2. The highest BCUT2D eigenvalue weighted by Crippen LogP contribution is 2.31. The summed E-state index contributed by atoms with van der Waals surface area (Å²) in [6, 6.07) is 6.16. The average molecular weight is 309 g/mol. The van der Waals surface area contributed by atoms with Gasteiger partial charge in [-0.1, -0.05) is 30.3 Å². The maximum Gasteiger partial charge on any atom is 0.424 e. The fraction of sp³-hybridized carbons (Fsp3) is 0.364. The van der Waals surface area contributed by atoms with Gasteiger partial charge in [0.25, 0.3) is 11.3 Å². The van der Waals surface area contributed by atoms with E-state index in [-0.39, 0.29) is 10.9 Å². The summed E-state index contributed by atoms with van der Waals surface area (Å²) in [5.74, 6) is 0. The van der Waals surface area contributed by atoms with Crippen molar-refractivity contribution in [2.24, 2.45) is 0 Å². The molecule has 0 bridgehead atoms. The first-order valence-electron chi connectivity index (χ1n) is 5.51. The van der Waals surface area contributed by atoms with Gasteiger partial charge in [-0.3, -0.25) is 4.18 Å². The number of nitrogens with zero attached hydrogens (tertiary/aromatic N) is 1. The molecule has 1 heterocycles. The number of hydrogen-bond donors (Lipinski definition) is 0. The molecule has 1 aliphatic heterocycles. The predicted octanol–water partition coefficient (Wildman–Crippen LogP) is 2.17. The summed E-state index contributed by atoms with van der Waals surface area (Å²) >= 11 is -2.49. The highest BCUT2D eigenvalue weighted by Gasteiger charge is 2.53. The van der Waals surface area contributed by atoms with Gasteiger partial charge in [-0.2, -0.15) is 17.5 Å². The average Bonchev–Trinajstić information content (AvgIpc) is 2.79. The van der Waals surface area contributed by atoms with Gasteiger partial charge in [-0.25, -0.2) is 9.00 Å². The molecule has 1 unspecified atom stereocenters. The first-order valence-corrected chi connectivity index (χ1v) is 6.54. The number of alkyl halides is 3. The lowest BCUT2D eigenvalue weighted by Crippen LogP contribution is -2.46. The fourth-order valence-corrected chi connectivity index (χ4v) is 2.47. The van der Waals surface area contributed by atoms with Gasteiger partial charge in [-0.05, 0) is 5.56 Å². The van der Waals surface area contributed by atoms with Gasteiger partial charge >= 0.3 is 12.3 Å². The van der Waals surface area contributed by atoms with E-state index in [0.717, 1.165) is 0 Å². The first kappa shape index (κ1) is 14.8. The van der Waals surface area contributed by atoms with E-state index in [1.807, 2.05) is 0 Å². The second-order valence-corrected chi connectivity index (χ2v) is 4.99. The molecule has 1 fully saturated rings. The van der Waals surface area contributed by atoms with Gasteiger partial charge in [0.15, 0.2) is 6.04 Å². The van der Waals surface area contributed by atoms with Crippen LogP contribution in [0.2, 0.25) is 0 Å². The van der Waals surface area contributed by atoms with Crippen LogP contribution in [-0.2, 0) is 26.8 Å². The lowest BCUT2D eigenvalue weighted by molar-refractivity contribution is -0.167. The van der Waals surface area contributed by atoms with E-state index >= 15 is 0 Å². The van der Waals surface area contributed by atoms with Crippen LogP contribution in [0.3, 0.4) is 0 Å². The molecule has 0 aromatic heterocycles. The van der Waals surface area contributed by atoms with Crippen LogP contribution in [0.4, 0.5) is 18.0 Å². The molecule has 0 aliphatic carbocycles. The molecule has 1 aromatic carbocycles. The number of carbonyl (C=O) groups is 1. The molecular weight excluding hydrogens is 299 g/mol. The summed E-state index contributed by atoms with van der Waals surface area (Å²) in [5.41, 5.74) is 0.607. The Kier molecular flexibility index (Phi) is 4.29. The topological polar surface area (TPSA) is 55.8 Å². The van der Waals surface area contributed by atoms with Crippen molar-refractivity contribution in [2.45, 2.75) is 18.8 Å². The highest BCUT2D eigenvalue weighted by molar-refractivity contribution is 7.78. The van der Waals surface area contributed by atoms with Crippen molar-refractivity contribution in [2.75, 3.05) is 6.61 Å². The van der Waals surface area contributed by atoms with E-state index in [1.54, 1.807) is 30.3 Å². The second kappa shape index (κ2) is 5.80. The lowest BCUT2D eigenvalue weighted by atomic mass is 10.2. The van der Waals surface area contributed by atoms with Crippen molar-refractivity contribution in [1.82, 2.24) is 4.31 Å². The number of hydrogen-bond acceptors (Lipinski definition) is 4. The van der Waals surface area contributed by atoms with E-state index < -0.39 is 36.2 Å². The molecule has 20 heavy (non-hydrogen) atoms. The monoisotopic (exact) mass is 309 g/mol. The minimum atomic E-state index is -4.72. The minimum absolute atomic E-state index is 0.0585. The third-order valence-corrected chi connectivity index (χ3v) is 3.60. The van der Waals surface area contributed by atoms with Crippen LogP contribution in [0, 0.1) is 0 Å². The van der Waals surface area contributed by atoms with Gasteiger partial charge in [0.05, 0.1) is 6.61 Å². The van der Waals surface area contributed by atoms with Gasteiger partial charge in [-0.15, -0.1) is 0 Å². The third kappa shape index (κ3) is 3.28. The summed E-state index contributed by atoms with van der Waals surface area (Å²) in [6.45, 7) is -1.07. The van der Waals surface area contributed by atoms with Crippen molar-refractivity contribution in [3.05, 3.63) is 35.9 Å². The Labute approximate surface area is 115 Å². The number of carbonyl (C=O) groups excluding carboxylic acids is 1. The van der Waals surface area contributed by atoms with Gasteiger partial charge in [0.1, 0.15) is 6.61 Å². The Hall–Kier alpha value is -1.61. The van der Waals surface area contributed by atoms with Crippen molar-refractivity contribution in [1.29, 1.82) is 0 Å². The SMILES string of the molecule is O=C(OCc1ccccc1)N1[C@H](C(F)(F)F)COS1=O. The van der Waals surface area contributed by atoms with E-state index in [0.29, 0.717) is 5.56 Å². The molecule has 110 valence electrons. The maximum absolute atomic E-state index is 12.6. The van der Waals surface area contributed by atoms with E-state index in [2.05, 4.69) is 4.18 Å². The number of amides is 1. The third-order valence-electron chi connectivity index (χ3n) is 2.53. The first-order chi connectivity index (χ1) is 9.39. The van der Waals surface area contributed by atoms with Gasteiger partial charge in [0, 0.05) is 0 Å². The van der Waals surface area contributed by atoms with Crippen LogP contribution in [0.25, 0.3) is 0 Å².